The Morgan fingerprint density at radius 3 is 2.59 bits per heavy atom. The Morgan fingerprint density at radius 1 is 1.22 bits per heavy atom. The molecule has 1 saturated heterocycles. The largest absolute Gasteiger partial charge is 0.490 e. The quantitative estimate of drug-likeness (QED) is 0.869. The minimum Gasteiger partial charge on any atom is -0.490 e. The van der Waals surface area contributed by atoms with Crippen molar-refractivity contribution < 1.29 is 19.0 Å². The zero-order valence-electron chi connectivity index (χ0n) is 16.6. The van der Waals surface area contributed by atoms with E-state index in [1.54, 1.807) is 6.20 Å². The van der Waals surface area contributed by atoms with Crippen molar-refractivity contribution in [2.75, 3.05) is 31.2 Å². The second kappa shape index (κ2) is 8.78. The number of rotatable bonds is 4. The van der Waals surface area contributed by atoms with Gasteiger partial charge in [-0.15, -0.1) is 0 Å². The monoisotopic (exact) mass is 377 g/mol. The molecule has 0 radical (unpaired) electrons. The molecule has 2 aliphatic rings. The lowest BCUT2D eigenvalue weighted by Gasteiger charge is -2.31. The average molecular weight is 377 g/mol. The van der Waals surface area contributed by atoms with E-state index in [9.17, 15) is 4.79 Å². The predicted molar refractivity (Wildman–Crippen MR) is 103 cm³/mol. The predicted octanol–water partition coefficient (Wildman–Crippen LogP) is 3.13. The molecule has 3 rings (SSSR count). The van der Waals surface area contributed by atoms with Crippen LogP contribution in [0.25, 0.3) is 0 Å². The lowest BCUT2D eigenvalue weighted by molar-refractivity contribution is 0.0471. The van der Waals surface area contributed by atoms with Gasteiger partial charge in [0.25, 0.3) is 0 Å². The molecule has 7 nitrogen and oxygen atoms in total. The number of alkyl carbamates (subject to hydrolysis) is 1. The minimum absolute atomic E-state index is 0.154. The van der Waals surface area contributed by atoms with E-state index in [1.165, 1.54) is 0 Å². The van der Waals surface area contributed by atoms with Crippen LogP contribution in [0.2, 0.25) is 0 Å². The molecule has 0 atom stereocenters. The van der Waals surface area contributed by atoms with Gasteiger partial charge < -0.3 is 24.4 Å². The van der Waals surface area contributed by atoms with Crippen LogP contribution in [0.3, 0.4) is 0 Å². The molecule has 27 heavy (non-hydrogen) atoms. The molecule has 0 aromatic carbocycles. The van der Waals surface area contributed by atoms with E-state index in [0.717, 1.165) is 63.6 Å². The number of pyridine rings is 1. The molecule has 1 amide bonds. The summed E-state index contributed by atoms with van der Waals surface area (Å²) in [4.78, 5) is 18.6. The summed E-state index contributed by atoms with van der Waals surface area (Å²) in [5, 5.41) is 2.97. The first-order valence-corrected chi connectivity index (χ1v) is 9.84. The molecule has 2 fully saturated rings. The molecule has 0 bridgehead atoms. The number of aromatic nitrogens is 1. The van der Waals surface area contributed by atoms with Crippen molar-refractivity contribution in [2.24, 2.45) is 0 Å². The summed E-state index contributed by atoms with van der Waals surface area (Å²) < 4.78 is 16.9. The van der Waals surface area contributed by atoms with Crippen molar-refractivity contribution in [3.63, 3.8) is 0 Å². The standard InChI is InChI=1S/C20H31N3O4/c1-20(2,3)27-19(24)22-15-4-6-16(7-5-15)26-17-8-9-21-18(14-17)23-10-12-25-13-11-23/h8-9,14-16H,4-7,10-13H2,1-3H3,(H,22,24). The Morgan fingerprint density at radius 2 is 1.93 bits per heavy atom. The van der Waals surface area contributed by atoms with Gasteiger partial charge in [0.15, 0.2) is 0 Å². The highest BCUT2D eigenvalue weighted by atomic mass is 16.6. The van der Waals surface area contributed by atoms with Gasteiger partial charge >= 0.3 is 6.09 Å². The zero-order chi connectivity index (χ0) is 19.3. The van der Waals surface area contributed by atoms with Crippen LogP contribution in [0, 0.1) is 0 Å². The van der Waals surface area contributed by atoms with Crippen LogP contribution in [-0.2, 0) is 9.47 Å². The highest BCUT2D eigenvalue weighted by molar-refractivity contribution is 5.68. The molecule has 150 valence electrons. The van der Waals surface area contributed by atoms with Crippen molar-refractivity contribution in [2.45, 2.75) is 64.2 Å². The Hall–Kier alpha value is -2.02. The molecule has 0 unspecified atom stereocenters. The molecule has 1 aromatic rings. The fraction of sp³-hybridized carbons (Fsp3) is 0.700. The maximum atomic E-state index is 11.9. The summed E-state index contributed by atoms with van der Waals surface area (Å²) >= 11 is 0. The lowest BCUT2D eigenvalue weighted by Crippen LogP contribution is -2.42. The Bertz CT molecular complexity index is 618. The number of nitrogens with zero attached hydrogens (tertiary/aromatic N) is 2. The van der Waals surface area contributed by atoms with E-state index in [1.807, 2.05) is 32.9 Å². The third-order valence-corrected chi connectivity index (χ3v) is 4.75. The van der Waals surface area contributed by atoms with Crippen molar-refractivity contribution in [3.05, 3.63) is 18.3 Å². The van der Waals surface area contributed by atoms with Crippen molar-refractivity contribution >= 4 is 11.9 Å². The van der Waals surface area contributed by atoms with Crippen molar-refractivity contribution in [1.82, 2.24) is 10.3 Å². The molecule has 0 spiro atoms. The van der Waals surface area contributed by atoms with Gasteiger partial charge in [-0.1, -0.05) is 0 Å². The molecule has 1 aliphatic heterocycles. The third kappa shape index (κ3) is 6.27. The first-order valence-electron chi connectivity index (χ1n) is 9.84. The normalized spacial score (nSPS) is 23.6. The van der Waals surface area contributed by atoms with Gasteiger partial charge in [-0.25, -0.2) is 9.78 Å². The summed E-state index contributed by atoms with van der Waals surface area (Å²) in [5.74, 6) is 1.80. The molecule has 2 heterocycles. The number of amides is 1. The maximum absolute atomic E-state index is 11.9. The van der Waals surface area contributed by atoms with Crippen LogP contribution in [0.5, 0.6) is 5.75 Å². The van der Waals surface area contributed by atoms with Crippen LogP contribution in [0.15, 0.2) is 18.3 Å². The fourth-order valence-electron chi connectivity index (χ4n) is 3.43. The van der Waals surface area contributed by atoms with E-state index in [-0.39, 0.29) is 18.2 Å². The molecule has 1 aliphatic carbocycles. The van der Waals surface area contributed by atoms with Gasteiger partial charge in [0, 0.05) is 31.4 Å². The van der Waals surface area contributed by atoms with E-state index in [4.69, 9.17) is 14.2 Å². The number of hydrogen-bond donors (Lipinski definition) is 1. The molecule has 7 heteroatoms. The van der Waals surface area contributed by atoms with Crippen LogP contribution in [-0.4, -0.2) is 55.1 Å². The molecular weight excluding hydrogens is 346 g/mol. The summed E-state index contributed by atoms with van der Waals surface area (Å²) in [6.07, 6.45) is 5.25. The molecule has 1 aromatic heterocycles. The second-order valence-corrected chi connectivity index (χ2v) is 8.19. The van der Waals surface area contributed by atoms with Gasteiger partial charge in [0.2, 0.25) is 0 Å². The number of carbonyl (C=O) groups is 1. The number of morpholine rings is 1. The Kier molecular flexibility index (Phi) is 6.42. The number of anilines is 1. The lowest BCUT2D eigenvalue weighted by atomic mass is 9.93. The SMILES string of the molecule is CC(C)(C)OC(=O)NC1CCC(Oc2ccnc(N3CCOCC3)c2)CC1. The molecule has 1 saturated carbocycles. The number of nitrogens with one attached hydrogen (secondary N) is 1. The van der Waals surface area contributed by atoms with Crippen LogP contribution < -0.4 is 15.0 Å². The first kappa shape index (κ1) is 19.7. The number of hydrogen-bond acceptors (Lipinski definition) is 6. The fourth-order valence-corrected chi connectivity index (χ4v) is 3.43. The summed E-state index contributed by atoms with van der Waals surface area (Å²) in [6.45, 7) is 8.81. The highest BCUT2D eigenvalue weighted by Crippen LogP contribution is 2.26. The minimum atomic E-state index is -0.468. The Labute approximate surface area is 161 Å². The van der Waals surface area contributed by atoms with Crippen LogP contribution in [0.4, 0.5) is 10.6 Å². The van der Waals surface area contributed by atoms with E-state index in [0.29, 0.717) is 0 Å². The second-order valence-electron chi connectivity index (χ2n) is 8.19. The van der Waals surface area contributed by atoms with Crippen molar-refractivity contribution in [3.8, 4) is 5.75 Å². The van der Waals surface area contributed by atoms with E-state index < -0.39 is 5.60 Å². The first-order chi connectivity index (χ1) is 12.9. The molecule has 1 N–H and O–H groups in total. The molecular formula is C20H31N3O4. The smallest absolute Gasteiger partial charge is 0.407 e. The zero-order valence-corrected chi connectivity index (χ0v) is 16.6. The van der Waals surface area contributed by atoms with Crippen LogP contribution >= 0.6 is 0 Å². The van der Waals surface area contributed by atoms with Gasteiger partial charge in [0.05, 0.1) is 19.3 Å². The third-order valence-electron chi connectivity index (χ3n) is 4.75. The van der Waals surface area contributed by atoms with Gasteiger partial charge in [-0.3, -0.25) is 0 Å². The van der Waals surface area contributed by atoms with E-state index in [2.05, 4.69) is 15.2 Å². The summed E-state index contributed by atoms with van der Waals surface area (Å²) in [5.41, 5.74) is -0.468. The topological polar surface area (TPSA) is 72.9 Å². The number of ether oxygens (including phenoxy) is 3. The number of carbonyl (C=O) groups excluding carboxylic acids is 1. The van der Waals surface area contributed by atoms with Crippen LogP contribution in [0.1, 0.15) is 46.5 Å². The Balaban J connectivity index is 1.46. The van der Waals surface area contributed by atoms with Gasteiger partial charge in [0.1, 0.15) is 17.2 Å². The highest BCUT2D eigenvalue weighted by Gasteiger charge is 2.26. The van der Waals surface area contributed by atoms with Gasteiger partial charge in [-0.2, -0.15) is 0 Å². The average Bonchev–Trinajstić information content (AvgIpc) is 2.63. The maximum Gasteiger partial charge on any atom is 0.407 e. The summed E-state index contributed by atoms with van der Waals surface area (Å²) in [6, 6.07) is 4.08. The van der Waals surface area contributed by atoms with Gasteiger partial charge in [-0.05, 0) is 52.5 Å². The van der Waals surface area contributed by atoms with Crippen molar-refractivity contribution in [1.29, 1.82) is 0 Å². The van der Waals surface area contributed by atoms with E-state index >= 15 is 0 Å². The summed E-state index contributed by atoms with van der Waals surface area (Å²) in [7, 11) is 0.